The second kappa shape index (κ2) is 17.0. The van der Waals surface area contributed by atoms with Crippen LogP contribution in [0.4, 0.5) is 11.6 Å². The van der Waals surface area contributed by atoms with E-state index >= 15 is 0 Å². The Morgan fingerprint density at radius 3 is 1.70 bits per heavy atom. The first-order valence-corrected chi connectivity index (χ1v) is 21.0. The Hall–Kier alpha value is -8.38. The molecule has 0 saturated heterocycles. The molecule has 0 aliphatic heterocycles. The van der Waals surface area contributed by atoms with Crippen LogP contribution in [0, 0.1) is 11.8 Å². The number of ether oxygens (including phenoxy) is 2. The molecule has 0 spiro atoms. The SMILES string of the molecule is COCc1nc(-c2ccc3nnc(Cc4ccc5nc(NC(=O)C6CC6)cn5n4)n3c2)n[nH]1.COCc1nc(-c2ccc3nnc(Cc4ccc5nc(NC(=O)C6CC6)cn5n4)n3c2)no1. The van der Waals surface area contributed by atoms with Crippen LogP contribution in [0.25, 0.3) is 45.4 Å². The quantitative estimate of drug-likeness (QED) is 0.141. The average molecular weight is 890 g/mol. The van der Waals surface area contributed by atoms with Crippen molar-refractivity contribution in [3.8, 4) is 22.8 Å². The largest absolute Gasteiger partial charge is 0.377 e. The molecule has 2 aliphatic rings. The van der Waals surface area contributed by atoms with Gasteiger partial charge in [-0.25, -0.2) is 24.0 Å². The molecule has 24 heteroatoms. The zero-order chi connectivity index (χ0) is 44.7. The first-order chi connectivity index (χ1) is 32.3. The van der Waals surface area contributed by atoms with E-state index in [9.17, 15) is 9.59 Å². The fraction of sp³-hybridized carbons (Fsp3) is 0.286. The fourth-order valence-electron chi connectivity index (χ4n) is 7.19. The van der Waals surface area contributed by atoms with Gasteiger partial charge in [-0.2, -0.15) is 20.3 Å². The number of nitrogens with one attached hydrogen (secondary N) is 3. The standard InChI is InChI=1S/C21H20N10O2.C21H19N9O3/c1-33-11-16-23-20(28-25-16)13-4-6-18-26-27-19(30(18)9-13)8-14-5-7-17-22-15(10-31(17)29-14)24-21(32)12-2-3-12;1-32-11-19-24-20(28-33-19)13-4-6-17-25-26-18(29(17)9-13)8-14-5-7-16-22-15(10-30(16)27-14)23-21(31)12-2-3-12/h4-7,9-10,12H,2-3,8,11H2,1H3,(H,24,32)(H,23,25,28);4-7,9-10,12H,2-3,8,11H2,1H3,(H,23,31). The van der Waals surface area contributed by atoms with Crippen molar-refractivity contribution < 1.29 is 23.6 Å². The molecule has 10 heterocycles. The van der Waals surface area contributed by atoms with Crippen molar-refractivity contribution >= 4 is 46.0 Å². The Balaban J connectivity index is 0.000000146. The van der Waals surface area contributed by atoms with Gasteiger partial charge in [-0.05, 0) is 74.2 Å². The van der Waals surface area contributed by atoms with Crippen LogP contribution in [0.3, 0.4) is 0 Å². The number of imidazole rings is 2. The lowest BCUT2D eigenvalue weighted by molar-refractivity contribution is -0.118. The van der Waals surface area contributed by atoms with Gasteiger partial charge in [-0.3, -0.25) is 23.5 Å². The summed E-state index contributed by atoms with van der Waals surface area (Å²) >= 11 is 0. The lowest BCUT2D eigenvalue weighted by Gasteiger charge is -2.02. The summed E-state index contributed by atoms with van der Waals surface area (Å²) in [5, 5.41) is 43.2. The molecule has 0 bridgehead atoms. The smallest absolute Gasteiger partial charge is 0.252 e. The number of fused-ring (bicyclic) bond motifs is 4. The highest BCUT2D eigenvalue weighted by molar-refractivity contribution is 5.94. The lowest BCUT2D eigenvalue weighted by atomic mass is 10.2. The Labute approximate surface area is 371 Å². The molecule has 2 saturated carbocycles. The molecule has 2 aliphatic carbocycles. The van der Waals surface area contributed by atoms with Gasteiger partial charge in [-0.15, -0.1) is 20.4 Å². The summed E-state index contributed by atoms with van der Waals surface area (Å²) in [6.07, 6.45) is 11.9. The van der Waals surface area contributed by atoms with E-state index in [2.05, 4.69) is 76.5 Å². The first-order valence-electron chi connectivity index (χ1n) is 21.0. The Kier molecular flexibility index (Phi) is 10.4. The number of aromatic amines is 1. The number of aromatic nitrogens is 17. The summed E-state index contributed by atoms with van der Waals surface area (Å²) in [5.74, 6) is 4.81. The summed E-state index contributed by atoms with van der Waals surface area (Å²) in [7, 11) is 3.18. The minimum absolute atomic E-state index is 0.0142. The van der Waals surface area contributed by atoms with Gasteiger partial charge in [0.15, 0.2) is 45.9 Å². The van der Waals surface area contributed by atoms with Crippen LogP contribution in [-0.4, -0.2) is 110 Å². The maximum absolute atomic E-state index is 12.0. The number of methoxy groups -OCH3 is 2. The van der Waals surface area contributed by atoms with Crippen LogP contribution in [0.15, 0.2) is 77.8 Å². The van der Waals surface area contributed by atoms with Gasteiger partial charge in [0, 0.05) is 49.6 Å². The number of carbonyl (C=O) groups is 2. The van der Waals surface area contributed by atoms with E-state index in [1.807, 2.05) is 69.7 Å². The number of hydrogen-bond acceptors (Lipinski definition) is 17. The lowest BCUT2D eigenvalue weighted by Crippen LogP contribution is -2.13. The maximum atomic E-state index is 12.0. The predicted molar refractivity (Wildman–Crippen MR) is 230 cm³/mol. The maximum Gasteiger partial charge on any atom is 0.252 e. The van der Waals surface area contributed by atoms with Gasteiger partial charge >= 0.3 is 0 Å². The van der Waals surface area contributed by atoms with Crippen molar-refractivity contribution in [2.75, 3.05) is 24.9 Å². The summed E-state index contributed by atoms with van der Waals surface area (Å²) in [5.41, 5.74) is 5.90. The van der Waals surface area contributed by atoms with Crippen LogP contribution in [-0.2, 0) is 45.1 Å². The highest BCUT2D eigenvalue weighted by Gasteiger charge is 2.31. The number of carbonyl (C=O) groups excluding carboxylic acids is 2. The van der Waals surface area contributed by atoms with Crippen molar-refractivity contribution in [1.29, 1.82) is 0 Å². The summed E-state index contributed by atoms with van der Waals surface area (Å²) in [6.45, 7) is 0.614. The van der Waals surface area contributed by atoms with Crippen LogP contribution in [0.5, 0.6) is 0 Å². The summed E-state index contributed by atoms with van der Waals surface area (Å²) < 4.78 is 22.4. The van der Waals surface area contributed by atoms with Crippen LogP contribution in [0.2, 0.25) is 0 Å². The minimum Gasteiger partial charge on any atom is -0.377 e. The molecule has 3 N–H and O–H groups in total. The predicted octanol–water partition coefficient (Wildman–Crippen LogP) is 3.55. The molecule has 332 valence electrons. The number of nitrogens with zero attached hydrogens (tertiary/aromatic N) is 16. The molecular weight excluding hydrogens is 851 g/mol. The van der Waals surface area contributed by atoms with Crippen molar-refractivity contribution in [1.82, 2.24) is 83.7 Å². The third-order valence-electron chi connectivity index (χ3n) is 10.8. The normalized spacial score (nSPS) is 13.7. The van der Waals surface area contributed by atoms with Gasteiger partial charge in [0.05, 0.1) is 36.6 Å². The van der Waals surface area contributed by atoms with E-state index in [-0.39, 0.29) is 30.3 Å². The molecule has 0 aromatic carbocycles. The van der Waals surface area contributed by atoms with Crippen LogP contribution < -0.4 is 10.6 Å². The number of anilines is 2. The fourth-order valence-corrected chi connectivity index (χ4v) is 7.19. The second-order valence-corrected chi connectivity index (χ2v) is 15.9. The van der Waals surface area contributed by atoms with Crippen LogP contribution >= 0.6 is 0 Å². The first kappa shape index (κ1) is 40.4. The molecule has 10 aromatic rings. The monoisotopic (exact) mass is 889 g/mol. The Morgan fingerprint density at radius 2 is 1.17 bits per heavy atom. The van der Waals surface area contributed by atoms with Crippen molar-refractivity contribution in [3.63, 3.8) is 0 Å². The average Bonchev–Trinajstić information content (AvgIpc) is 3.96. The highest BCUT2D eigenvalue weighted by atomic mass is 16.5. The number of H-pyrrole nitrogens is 1. The molecule has 12 rings (SSSR count). The Morgan fingerprint density at radius 1 is 0.636 bits per heavy atom. The molecule has 10 aromatic heterocycles. The van der Waals surface area contributed by atoms with Crippen molar-refractivity contribution in [2.45, 2.75) is 51.7 Å². The Bertz CT molecular complexity index is 3180. The molecule has 66 heavy (non-hydrogen) atoms. The van der Waals surface area contributed by atoms with Gasteiger partial charge in [0.1, 0.15) is 24.9 Å². The van der Waals surface area contributed by atoms with E-state index in [1.165, 1.54) is 0 Å². The molecule has 2 amide bonds. The molecule has 0 unspecified atom stereocenters. The van der Waals surface area contributed by atoms with E-state index in [4.69, 9.17) is 14.0 Å². The number of hydrogen-bond donors (Lipinski definition) is 3. The van der Waals surface area contributed by atoms with E-state index in [0.29, 0.717) is 77.2 Å². The second-order valence-electron chi connectivity index (χ2n) is 15.9. The van der Waals surface area contributed by atoms with Gasteiger partial charge in [0.25, 0.3) is 5.89 Å². The van der Waals surface area contributed by atoms with Gasteiger partial charge < -0.3 is 24.6 Å². The minimum atomic E-state index is 0.0142. The highest BCUT2D eigenvalue weighted by Crippen LogP contribution is 2.31. The topological polar surface area (TPSA) is 278 Å². The number of amides is 2. The zero-order valence-electron chi connectivity index (χ0n) is 35.4. The molecule has 24 nitrogen and oxygen atoms in total. The third-order valence-corrected chi connectivity index (χ3v) is 10.8. The molecule has 2 fully saturated rings. The zero-order valence-corrected chi connectivity index (χ0v) is 35.4. The van der Waals surface area contributed by atoms with Gasteiger partial charge in [0.2, 0.25) is 17.6 Å². The molecule has 0 atom stereocenters. The number of pyridine rings is 2. The van der Waals surface area contributed by atoms with Crippen molar-refractivity contribution in [2.24, 2.45) is 11.8 Å². The van der Waals surface area contributed by atoms with E-state index < -0.39 is 0 Å². The van der Waals surface area contributed by atoms with Gasteiger partial charge in [-0.1, -0.05) is 5.16 Å². The van der Waals surface area contributed by atoms with E-state index in [0.717, 1.165) is 59.7 Å². The summed E-state index contributed by atoms with van der Waals surface area (Å²) in [4.78, 5) is 41.6. The number of rotatable bonds is 14. The van der Waals surface area contributed by atoms with E-state index in [1.54, 1.807) is 35.6 Å². The summed E-state index contributed by atoms with van der Waals surface area (Å²) in [6, 6.07) is 15.0. The van der Waals surface area contributed by atoms with Crippen molar-refractivity contribution in [3.05, 3.63) is 108 Å². The third kappa shape index (κ3) is 8.51. The molecule has 0 radical (unpaired) electrons. The molecular formula is C42H39N19O5. The van der Waals surface area contributed by atoms with Crippen LogP contribution in [0.1, 0.15) is 60.4 Å².